The summed E-state index contributed by atoms with van der Waals surface area (Å²) >= 11 is 0. The van der Waals surface area contributed by atoms with Crippen LogP contribution in [0.3, 0.4) is 0 Å². The van der Waals surface area contributed by atoms with Crippen molar-refractivity contribution in [1.82, 2.24) is 24.0 Å². The van der Waals surface area contributed by atoms with E-state index in [2.05, 4.69) is 10.1 Å². The Morgan fingerprint density at radius 1 is 1.17 bits per heavy atom. The minimum atomic E-state index is -3.36. The maximum atomic E-state index is 12.9. The molecule has 0 bridgehead atoms. The molecule has 2 aliphatic rings. The van der Waals surface area contributed by atoms with E-state index in [1.165, 1.54) is 16.9 Å². The molecule has 128 valence electrons. The molecule has 0 spiro atoms. The number of aromatic nitrogens is 3. The first-order chi connectivity index (χ1) is 11.0. The first-order valence-corrected chi connectivity index (χ1v) is 9.91. The topological polar surface area (TPSA) is 88.4 Å². The Balaban J connectivity index is 1.73. The van der Waals surface area contributed by atoms with Crippen molar-refractivity contribution in [3.63, 3.8) is 0 Å². The molecule has 0 saturated carbocycles. The number of amides is 1. The van der Waals surface area contributed by atoms with Crippen molar-refractivity contribution in [3.8, 4) is 0 Å². The molecule has 1 amide bonds. The Kier molecular flexibility index (Phi) is 4.67. The van der Waals surface area contributed by atoms with Crippen LogP contribution in [0.25, 0.3) is 0 Å². The molecule has 1 aromatic rings. The second-order valence-corrected chi connectivity index (χ2v) is 8.28. The lowest BCUT2D eigenvalue weighted by atomic mass is 10.0. The summed E-state index contributed by atoms with van der Waals surface area (Å²) in [7, 11) is -3.36. The van der Waals surface area contributed by atoms with Crippen molar-refractivity contribution in [2.45, 2.75) is 44.2 Å². The van der Waals surface area contributed by atoms with Crippen LogP contribution in [0.2, 0.25) is 0 Å². The van der Waals surface area contributed by atoms with E-state index in [0.29, 0.717) is 26.1 Å². The van der Waals surface area contributed by atoms with E-state index in [4.69, 9.17) is 0 Å². The number of rotatable bonds is 3. The molecule has 1 aromatic heterocycles. The Morgan fingerprint density at radius 2 is 2.00 bits per heavy atom. The molecule has 3 heterocycles. The zero-order valence-electron chi connectivity index (χ0n) is 13.3. The van der Waals surface area contributed by atoms with Gasteiger partial charge in [0.05, 0.1) is 12.3 Å². The summed E-state index contributed by atoms with van der Waals surface area (Å²) in [6.45, 7) is 1.68. The van der Waals surface area contributed by atoms with Gasteiger partial charge in [-0.15, -0.1) is 0 Å². The molecular weight excluding hydrogens is 318 g/mol. The third-order valence-corrected chi connectivity index (χ3v) is 5.97. The lowest BCUT2D eigenvalue weighted by Gasteiger charge is -2.39. The van der Waals surface area contributed by atoms with E-state index in [1.54, 1.807) is 15.9 Å². The monoisotopic (exact) mass is 341 g/mol. The number of hydrogen-bond acceptors (Lipinski definition) is 5. The normalized spacial score (nSPS) is 27.1. The van der Waals surface area contributed by atoms with E-state index < -0.39 is 16.1 Å². The second kappa shape index (κ2) is 6.56. The molecule has 0 unspecified atom stereocenters. The first-order valence-electron chi connectivity index (χ1n) is 8.06. The summed E-state index contributed by atoms with van der Waals surface area (Å²) in [5.74, 6) is -0.0695. The quantitative estimate of drug-likeness (QED) is 0.787. The number of hydrogen-bond donors (Lipinski definition) is 0. The van der Waals surface area contributed by atoms with Crippen LogP contribution in [0.5, 0.6) is 0 Å². The van der Waals surface area contributed by atoms with Crippen molar-refractivity contribution in [1.29, 1.82) is 0 Å². The third-order valence-electron chi connectivity index (χ3n) is 4.68. The number of carbonyl (C=O) groups excluding carboxylic acids is 1. The maximum absolute atomic E-state index is 12.9. The fourth-order valence-electron chi connectivity index (χ4n) is 3.54. The van der Waals surface area contributed by atoms with Gasteiger partial charge in [-0.25, -0.2) is 18.1 Å². The minimum absolute atomic E-state index is 0.0695. The van der Waals surface area contributed by atoms with Crippen molar-refractivity contribution >= 4 is 15.9 Å². The molecule has 2 aliphatic heterocycles. The van der Waals surface area contributed by atoms with Gasteiger partial charge in [0.2, 0.25) is 15.9 Å². The van der Waals surface area contributed by atoms with Gasteiger partial charge in [0.25, 0.3) is 0 Å². The largest absolute Gasteiger partial charge is 0.339 e. The van der Waals surface area contributed by atoms with Crippen molar-refractivity contribution in [2.24, 2.45) is 0 Å². The number of piperidine rings is 2. The zero-order valence-corrected chi connectivity index (χ0v) is 14.2. The van der Waals surface area contributed by atoms with Crippen LogP contribution in [0.4, 0.5) is 0 Å². The minimum Gasteiger partial charge on any atom is -0.339 e. The maximum Gasteiger partial charge on any atom is 0.241 e. The van der Waals surface area contributed by atoms with Gasteiger partial charge < -0.3 is 4.90 Å². The predicted octanol–water partition coefficient (Wildman–Crippen LogP) is 0.256. The molecule has 2 atom stereocenters. The average Bonchev–Trinajstić information content (AvgIpc) is 3.08. The summed E-state index contributed by atoms with van der Waals surface area (Å²) < 4.78 is 27.1. The van der Waals surface area contributed by atoms with Gasteiger partial charge in [-0.1, -0.05) is 6.42 Å². The molecule has 0 aromatic carbocycles. The van der Waals surface area contributed by atoms with Crippen LogP contribution >= 0.6 is 0 Å². The van der Waals surface area contributed by atoms with Crippen LogP contribution in [0, 0.1) is 0 Å². The number of sulfonamides is 1. The van der Waals surface area contributed by atoms with E-state index in [0.717, 1.165) is 25.7 Å². The standard InChI is InChI=1S/C14H23N5O3S/c1-23(21,22)19-8-3-2-6-13(19)14(20)17-7-4-5-12(9-17)18-11-15-10-16-18/h10-13H,2-9H2,1H3/t12-,13+/m0/s1. The molecule has 0 aliphatic carbocycles. The van der Waals surface area contributed by atoms with E-state index in [9.17, 15) is 13.2 Å². The van der Waals surface area contributed by atoms with Gasteiger partial charge >= 0.3 is 0 Å². The third kappa shape index (κ3) is 3.55. The smallest absolute Gasteiger partial charge is 0.241 e. The zero-order chi connectivity index (χ0) is 16.4. The van der Waals surface area contributed by atoms with Crippen molar-refractivity contribution < 1.29 is 13.2 Å². The predicted molar refractivity (Wildman–Crippen MR) is 84.1 cm³/mol. The van der Waals surface area contributed by atoms with Crippen LogP contribution in [-0.2, 0) is 14.8 Å². The summed E-state index contributed by atoms with van der Waals surface area (Å²) in [5, 5.41) is 4.16. The van der Waals surface area contributed by atoms with Gasteiger partial charge in [-0.2, -0.15) is 9.40 Å². The molecular formula is C14H23N5O3S. The SMILES string of the molecule is CS(=O)(=O)N1CCCC[C@@H]1C(=O)N1CCC[C@H](n2cncn2)C1. The van der Waals surface area contributed by atoms with Crippen LogP contribution in [-0.4, -0.2) is 70.2 Å². The molecule has 0 N–H and O–H groups in total. The van der Waals surface area contributed by atoms with Gasteiger partial charge in [0.15, 0.2) is 0 Å². The van der Waals surface area contributed by atoms with Crippen LogP contribution in [0.1, 0.15) is 38.1 Å². The highest BCUT2D eigenvalue weighted by Gasteiger charge is 2.38. The van der Waals surface area contributed by atoms with E-state index >= 15 is 0 Å². The van der Waals surface area contributed by atoms with Gasteiger partial charge in [0.1, 0.15) is 18.7 Å². The first kappa shape index (κ1) is 16.4. The summed E-state index contributed by atoms with van der Waals surface area (Å²) in [4.78, 5) is 18.7. The molecule has 2 saturated heterocycles. The van der Waals surface area contributed by atoms with Gasteiger partial charge in [-0.05, 0) is 25.7 Å². The van der Waals surface area contributed by atoms with E-state index in [-0.39, 0.29) is 11.9 Å². The van der Waals surface area contributed by atoms with Crippen molar-refractivity contribution in [3.05, 3.63) is 12.7 Å². The second-order valence-electron chi connectivity index (χ2n) is 6.34. The molecule has 3 rings (SSSR count). The lowest BCUT2D eigenvalue weighted by Crippen LogP contribution is -2.54. The highest BCUT2D eigenvalue weighted by molar-refractivity contribution is 7.88. The van der Waals surface area contributed by atoms with Crippen LogP contribution < -0.4 is 0 Å². The number of nitrogens with zero attached hydrogens (tertiary/aromatic N) is 5. The molecule has 8 nitrogen and oxygen atoms in total. The summed E-state index contributed by atoms with van der Waals surface area (Å²) in [6, 6.07) is -0.432. The lowest BCUT2D eigenvalue weighted by molar-refractivity contribution is -0.138. The molecule has 2 fully saturated rings. The Morgan fingerprint density at radius 3 is 2.70 bits per heavy atom. The van der Waals surface area contributed by atoms with Crippen LogP contribution in [0.15, 0.2) is 12.7 Å². The number of likely N-dealkylation sites (tertiary alicyclic amines) is 1. The molecule has 23 heavy (non-hydrogen) atoms. The number of carbonyl (C=O) groups is 1. The van der Waals surface area contributed by atoms with Crippen molar-refractivity contribution in [2.75, 3.05) is 25.9 Å². The molecule has 0 radical (unpaired) electrons. The Hall–Kier alpha value is -1.48. The Bertz CT molecular complexity index is 645. The average molecular weight is 341 g/mol. The highest BCUT2D eigenvalue weighted by atomic mass is 32.2. The van der Waals surface area contributed by atoms with Gasteiger partial charge in [-0.3, -0.25) is 4.79 Å². The van der Waals surface area contributed by atoms with Gasteiger partial charge in [0, 0.05) is 19.6 Å². The highest BCUT2D eigenvalue weighted by Crippen LogP contribution is 2.25. The fraction of sp³-hybridized carbons (Fsp3) is 0.786. The summed E-state index contributed by atoms with van der Waals surface area (Å²) in [6.07, 6.45) is 8.51. The Labute approximate surface area is 136 Å². The van der Waals surface area contributed by atoms with E-state index in [1.807, 2.05) is 0 Å². The fourth-order valence-corrected chi connectivity index (χ4v) is 4.65. The summed E-state index contributed by atoms with van der Waals surface area (Å²) in [5.41, 5.74) is 0. The molecule has 9 heteroatoms.